The molecule has 3 nitrogen and oxygen atoms in total. The molecule has 0 aliphatic heterocycles. The molecule has 16 heavy (non-hydrogen) atoms. The molecule has 0 aromatic heterocycles. The normalized spacial score (nSPS) is 12.5. The largest absolute Gasteiger partial charge is 0.507 e. The van der Waals surface area contributed by atoms with Crippen LogP contribution in [0.4, 0.5) is 0 Å². The van der Waals surface area contributed by atoms with Gasteiger partial charge in [0.1, 0.15) is 5.75 Å². The summed E-state index contributed by atoms with van der Waals surface area (Å²) in [5, 5.41) is 12.0. The molecule has 2 N–H and O–H groups in total. The fourth-order valence-electron chi connectivity index (χ4n) is 1.19. The minimum absolute atomic E-state index is 0.0179. The van der Waals surface area contributed by atoms with E-state index in [9.17, 15) is 9.90 Å². The summed E-state index contributed by atoms with van der Waals surface area (Å²) in [7, 11) is 0. The Bertz CT molecular complexity index is 366. The summed E-state index contributed by atoms with van der Waals surface area (Å²) in [6.45, 7) is 4.38. The second-order valence-corrected chi connectivity index (χ2v) is 4.55. The van der Waals surface area contributed by atoms with Crippen molar-refractivity contribution in [1.82, 2.24) is 5.32 Å². The van der Waals surface area contributed by atoms with Crippen LogP contribution in [0.2, 0.25) is 0 Å². The zero-order valence-electron chi connectivity index (χ0n) is 9.40. The van der Waals surface area contributed by atoms with Crippen LogP contribution in [0.25, 0.3) is 0 Å². The lowest BCUT2D eigenvalue weighted by atomic mass is 10.1. The molecule has 4 heteroatoms. The predicted molar refractivity (Wildman–Crippen MR) is 64.9 cm³/mol. The van der Waals surface area contributed by atoms with Crippen LogP contribution in [0.1, 0.15) is 24.2 Å². The summed E-state index contributed by atoms with van der Waals surface area (Å²) in [6.07, 6.45) is 0. The molecule has 1 amide bonds. The zero-order valence-corrected chi connectivity index (χ0v) is 10.2. The van der Waals surface area contributed by atoms with Gasteiger partial charge in [-0.3, -0.25) is 4.79 Å². The first kappa shape index (κ1) is 12.8. The van der Waals surface area contributed by atoms with Crippen LogP contribution in [-0.4, -0.2) is 22.9 Å². The van der Waals surface area contributed by atoms with Gasteiger partial charge in [0.2, 0.25) is 0 Å². The first-order valence-corrected chi connectivity index (χ1v) is 5.66. The van der Waals surface area contributed by atoms with Gasteiger partial charge >= 0.3 is 0 Å². The van der Waals surface area contributed by atoms with Crippen LogP contribution in [0.5, 0.6) is 5.75 Å². The standard InChI is InChI=1S/C12H16ClNO2/c1-8(2)10(13)7-14-12(16)9-5-3-4-6-11(9)15/h3-6,8,10,15H,7H2,1-2H3,(H,14,16). The molecule has 0 bridgehead atoms. The van der Waals surface area contributed by atoms with Crippen molar-refractivity contribution < 1.29 is 9.90 Å². The maximum Gasteiger partial charge on any atom is 0.255 e. The summed E-state index contributed by atoms with van der Waals surface area (Å²) in [5.74, 6) is -0.0218. The van der Waals surface area contributed by atoms with E-state index in [0.717, 1.165) is 0 Å². The van der Waals surface area contributed by atoms with E-state index in [1.54, 1.807) is 18.2 Å². The van der Waals surface area contributed by atoms with Crippen molar-refractivity contribution in [3.8, 4) is 5.75 Å². The number of rotatable bonds is 4. The van der Waals surface area contributed by atoms with E-state index in [4.69, 9.17) is 11.6 Å². The summed E-state index contributed by atoms with van der Waals surface area (Å²) < 4.78 is 0. The molecule has 0 aliphatic carbocycles. The molecule has 0 fully saturated rings. The van der Waals surface area contributed by atoms with Crippen molar-refractivity contribution in [3.63, 3.8) is 0 Å². The third-order valence-corrected chi connectivity index (χ3v) is 2.99. The van der Waals surface area contributed by atoms with E-state index < -0.39 is 0 Å². The van der Waals surface area contributed by atoms with E-state index in [1.807, 2.05) is 13.8 Å². The molecule has 1 rings (SSSR count). The molecule has 0 spiro atoms. The van der Waals surface area contributed by atoms with Gasteiger partial charge in [-0.25, -0.2) is 0 Å². The lowest BCUT2D eigenvalue weighted by molar-refractivity contribution is 0.0949. The molecule has 0 heterocycles. The van der Waals surface area contributed by atoms with E-state index in [0.29, 0.717) is 12.5 Å². The van der Waals surface area contributed by atoms with Gasteiger partial charge in [-0.2, -0.15) is 0 Å². The predicted octanol–water partition coefficient (Wildman–Crippen LogP) is 2.39. The third-order valence-electron chi connectivity index (χ3n) is 2.33. The Hall–Kier alpha value is -1.22. The van der Waals surface area contributed by atoms with E-state index in [2.05, 4.69) is 5.32 Å². The van der Waals surface area contributed by atoms with Gasteiger partial charge in [0.15, 0.2) is 0 Å². The highest BCUT2D eigenvalue weighted by Crippen LogP contribution is 2.15. The first-order chi connectivity index (χ1) is 7.52. The van der Waals surface area contributed by atoms with Gasteiger partial charge in [-0.1, -0.05) is 26.0 Å². The van der Waals surface area contributed by atoms with Crippen molar-refractivity contribution in [2.24, 2.45) is 5.92 Å². The van der Waals surface area contributed by atoms with Crippen LogP contribution in [0.15, 0.2) is 24.3 Å². The maximum absolute atomic E-state index is 11.7. The summed E-state index contributed by atoms with van der Waals surface area (Å²) in [4.78, 5) is 11.7. The summed E-state index contributed by atoms with van der Waals surface area (Å²) in [5.41, 5.74) is 0.273. The Labute approximate surface area is 100 Å². The van der Waals surface area contributed by atoms with Crippen molar-refractivity contribution in [2.75, 3.05) is 6.54 Å². The number of halogens is 1. The molecular weight excluding hydrogens is 226 g/mol. The number of phenols is 1. The van der Waals surface area contributed by atoms with Crippen LogP contribution in [-0.2, 0) is 0 Å². The number of alkyl halides is 1. The molecule has 0 aliphatic rings. The third kappa shape index (κ3) is 3.42. The van der Waals surface area contributed by atoms with Crippen LogP contribution in [0.3, 0.4) is 0 Å². The summed E-state index contributed by atoms with van der Waals surface area (Å²) >= 11 is 6.01. The topological polar surface area (TPSA) is 49.3 Å². The molecule has 0 saturated heterocycles. The van der Waals surface area contributed by atoms with Gasteiger partial charge < -0.3 is 10.4 Å². The Morgan fingerprint density at radius 1 is 1.44 bits per heavy atom. The Balaban J connectivity index is 2.57. The lowest BCUT2D eigenvalue weighted by Gasteiger charge is -2.14. The van der Waals surface area contributed by atoms with Crippen molar-refractivity contribution >= 4 is 17.5 Å². The van der Waals surface area contributed by atoms with Crippen LogP contribution >= 0.6 is 11.6 Å². The van der Waals surface area contributed by atoms with Crippen molar-refractivity contribution in [1.29, 1.82) is 0 Å². The number of benzene rings is 1. The number of hydrogen-bond acceptors (Lipinski definition) is 2. The lowest BCUT2D eigenvalue weighted by Crippen LogP contribution is -2.31. The minimum atomic E-state index is -0.301. The van der Waals surface area contributed by atoms with E-state index >= 15 is 0 Å². The smallest absolute Gasteiger partial charge is 0.255 e. The molecule has 1 atom stereocenters. The fourth-order valence-corrected chi connectivity index (χ4v) is 1.26. The van der Waals surface area contributed by atoms with Crippen LogP contribution in [0, 0.1) is 5.92 Å². The Morgan fingerprint density at radius 3 is 2.62 bits per heavy atom. The number of phenolic OH excluding ortho intramolecular Hbond substituents is 1. The molecule has 1 aromatic rings. The highest BCUT2D eigenvalue weighted by atomic mass is 35.5. The minimum Gasteiger partial charge on any atom is -0.507 e. The second kappa shape index (κ2) is 5.75. The first-order valence-electron chi connectivity index (χ1n) is 5.22. The molecule has 0 saturated carbocycles. The quantitative estimate of drug-likeness (QED) is 0.796. The number of nitrogens with one attached hydrogen (secondary N) is 1. The molecule has 1 unspecified atom stereocenters. The number of aromatic hydroxyl groups is 1. The van der Waals surface area contributed by atoms with Crippen molar-refractivity contribution in [3.05, 3.63) is 29.8 Å². The summed E-state index contributed by atoms with van der Waals surface area (Å²) in [6, 6.07) is 6.43. The molecule has 0 radical (unpaired) electrons. The number of amides is 1. The zero-order chi connectivity index (χ0) is 12.1. The van der Waals surface area contributed by atoms with E-state index in [1.165, 1.54) is 6.07 Å². The number of carbonyl (C=O) groups is 1. The second-order valence-electron chi connectivity index (χ2n) is 3.99. The van der Waals surface area contributed by atoms with Gasteiger partial charge in [-0.15, -0.1) is 11.6 Å². The maximum atomic E-state index is 11.7. The monoisotopic (exact) mass is 241 g/mol. The van der Waals surface area contributed by atoms with Gasteiger partial charge in [0.05, 0.1) is 10.9 Å². The molecule has 1 aromatic carbocycles. The average Bonchev–Trinajstić information content (AvgIpc) is 2.25. The number of hydrogen-bond donors (Lipinski definition) is 2. The fraction of sp³-hybridized carbons (Fsp3) is 0.417. The van der Waals surface area contributed by atoms with Gasteiger partial charge in [0, 0.05) is 6.54 Å². The average molecular weight is 242 g/mol. The Kier molecular flexibility index (Phi) is 4.62. The molecule has 88 valence electrons. The van der Waals surface area contributed by atoms with E-state index in [-0.39, 0.29) is 22.6 Å². The highest BCUT2D eigenvalue weighted by Gasteiger charge is 2.13. The number of carbonyl (C=O) groups excluding carboxylic acids is 1. The van der Waals surface area contributed by atoms with Crippen LogP contribution < -0.4 is 5.32 Å². The van der Waals surface area contributed by atoms with Crippen molar-refractivity contribution in [2.45, 2.75) is 19.2 Å². The Morgan fingerprint density at radius 2 is 2.06 bits per heavy atom. The van der Waals surface area contributed by atoms with Gasteiger partial charge in [-0.05, 0) is 18.1 Å². The SMILES string of the molecule is CC(C)C(Cl)CNC(=O)c1ccccc1O. The number of para-hydroxylation sites is 1. The highest BCUT2D eigenvalue weighted by molar-refractivity contribution is 6.21. The molecular formula is C12H16ClNO2. The van der Waals surface area contributed by atoms with Gasteiger partial charge in [0.25, 0.3) is 5.91 Å².